The molecule has 0 atom stereocenters. The summed E-state index contributed by atoms with van der Waals surface area (Å²) in [5.74, 6) is 0.427. The minimum Gasteiger partial charge on any atom is -0.488 e. The van der Waals surface area contributed by atoms with E-state index in [4.69, 9.17) is 4.74 Å². The molecule has 2 N–H and O–H groups in total. The number of nitrogens with one attached hydrogen (secondary N) is 2. The summed E-state index contributed by atoms with van der Waals surface area (Å²) >= 11 is 0. The fourth-order valence-electron chi connectivity index (χ4n) is 3.89. The SMILES string of the molecule is FC(F)COc1ccc(/C(=C2/C=[NH+]c3ccccc32)c2c[nH]c3ccccc23)cc1. The lowest BCUT2D eigenvalue weighted by Crippen LogP contribution is -2.58. The Balaban J connectivity index is 1.67. The van der Waals surface area contributed by atoms with Gasteiger partial charge in [-0.1, -0.05) is 42.5 Å². The molecule has 30 heavy (non-hydrogen) atoms. The molecule has 3 aromatic carbocycles. The van der Waals surface area contributed by atoms with Gasteiger partial charge in [-0.25, -0.2) is 13.8 Å². The molecule has 1 aliphatic rings. The van der Waals surface area contributed by atoms with E-state index in [-0.39, 0.29) is 0 Å². The van der Waals surface area contributed by atoms with Crippen LogP contribution in [0.25, 0.3) is 22.0 Å². The summed E-state index contributed by atoms with van der Waals surface area (Å²) in [4.78, 5) is 6.71. The Morgan fingerprint density at radius 2 is 1.70 bits per heavy atom. The van der Waals surface area contributed by atoms with Crippen LogP contribution in [0.2, 0.25) is 0 Å². The maximum absolute atomic E-state index is 12.5. The number of alkyl halides is 2. The summed E-state index contributed by atoms with van der Waals surface area (Å²) in [5.41, 5.74) is 7.44. The van der Waals surface area contributed by atoms with Crippen molar-refractivity contribution in [3.05, 3.63) is 95.7 Å². The average molecular weight is 401 g/mol. The van der Waals surface area contributed by atoms with Crippen molar-refractivity contribution in [1.82, 2.24) is 4.98 Å². The molecule has 0 saturated carbocycles. The van der Waals surface area contributed by atoms with Gasteiger partial charge in [0.25, 0.3) is 6.43 Å². The van der Waals surface area contributed by atoms with Gasteiger partial charge in [0.05, 0.1) is 11.1 Å². The van der Waals surface area contributed by atoms with Gasteiger partial charge in [-0.3, -0.25) is 0 Å². The number of halogens is 2. The third-order valence-corrected chi connectivity index (χ3v) is 5.24. The van der Waals surface area contributed by atoms with Crippen LogP contribution in [0.5, 0.6) is 5.75 Å². The summed E-state index contributed by atoms with van der Waals surface area (Å²) in [7, 11) is 0. The Kier molecular flexibility index (Phi) is 4.64. The van der Waals surface area contributed by atoms with Crippen LogP contribution >= 0.6 is 0 Å². The normalized spacial score (nSPS) is 14.4. The number of benzene rings is 3. The quantitative estimate of drug-likeness (QED) is 0.505. The van der Waals surface area contributed by atoms with Gasteiger partial charge in [0.15, 0.2) is 6.21 Å². The van der Waals surface area contributed by atoms with Gasteiger partial charge in [-0.15, -0.1) is 0 Å². The van der Waals surface area contributed by atoms with Crippen LogP contribution in [0.3, 0.4) is 0 Å². The second-order valence-electron chi connectivity index (χ2n) is 7.10. The van der Waals surface area contributed by atoms with E-state index in [9.17, 15) is 8.78 Å². The third kappa shape index (κ3) is 3.28. The molecule has 5 rings (SSSR count). The van der Waals surface area contributed by atoms with Crippen molar-refractivity contribution in [2.75, 3.05) is 6.61 Å². The Bertz CT molecular complexity index is 1270. The Morgan fingerprint density at radius 1 is 0.933 bits per heavy atom. The molecular weight excluding hydrogens is 382 g/mol. The highest BCUT2D eigenvalue weighted by Crippen LogP contribution is 2.37. The second-order valence-corrected chi connectivity index (χ2v) is 7.10. The number of para-hydroxylation sites is 2. The van der Waals surface area contributed by atoms with Gasteiger partial charge < -0.3 is 9.72 Å². The molecule has 1 aromatic heterocycles. The number of hydrogen-bond acceptors (Lipinski definition) is 1. The minimum atomic E-state index is -2.50. The van der Waals surface area contributed by atoms with Crippen molar-refractivity contribution >= 4 is 34.0 Å². The number of H-pyrrole nitrogens is 1. The molecule has 5 heteroatoms. The van der Waals surface area contributed by atoms with Crippen LogP contribution in [0, 0.1) is 0 Å². The van der Waals surface area contributed by atoms with Crippen molar-refractivity contribution < 1.29 is 18.5 Å². The van der Waals surface area contributed by atoms with Crippen molar-refractivity contribution in [3.8, 4) is 5.75 Å². The molecule has 2 heterocycles. The minimum absolute atomic E-state index is 0.427. The zero-order valence-electron chi connectivity index (χ0n) is 16.0. The summed E-state index contributed by atoms with van der Waals surface area (Å²) in [5, 5.41) is 1.12. The zero-order valence-corrected chi connectivity index (χ0v) is 16.0. The lowest BCUT2D eigenvalue weighted by molar-refractivity contribution is -0.342. The molecule has 1 aliphatic heterocycles. The smallest absolute Gasteiger partial charge is 0.272 e. The lowest BCUT2D eigenvalue weighted by Gasteiger charge is -2.12. The van der Waals surface area contributed by atoms with E-state index in [2.05, 4.69) is 22.1 Å². The number of aromatic amines is 1. The number of rotatable bonds is 5. The highest BCUT2D eigenvalue weighted by atomic mass is 19.3. The fraction of sp³-hybridized carbons (Fsp3) is 0.0800. The molecule has 0 spiro atoms. The molecule has 0 amide bonds. The Labute approximate surface area is 172 Å². The standard InChI is InChI=1S/C25H18F2N2O/c26-24(27)15-30-17-11-9-16(10-12-17)25(20-13-28-22-7-3-1-5-18(20)22)21-14-29-23-8-4-2-6-19(21)23/h1-14,24,28H,15H2/p+1/b25-21+. The Hall–Kier alpha value is -3.73. The predicted octanol–water partition coefficient (Wildman–Crippen LogP) is 4.57. The van der Waals surface area contributed by atoms with Crippen LogP contribution in [0.1, 0.15) is 16.7 Å². The molecule has 148 valence electrons. The summed E-state index contributed by atoms with van der Waals surface area (Å²) in [6, 6.07) is 23.6. The number of ether oxygens (including phenoxy) is 1. The number of fused-ring (bicyclic) bond motifs is 2. The van der Waals surface area contributed by atoms with Gasteiger partial charge in [0.2, 0.25) is 5.69 Å². The molecule has 4 aromatic rings. The van der Waals surface area contributed by atoms with Crippen LogP contribution < -0.4 is 9.73 Å². The van der Waals surface area contributed by atoms with Gasteiger partial charge in [0.1, 0.15) is 12.4 Å². The van der Waals surface area contributed by atoms with Crippen LogP contribution in [0.4, 0.5) is 14.5 Å². The molecule has 0 unspecified atom stereocenters. The topological polar surface area (TPSA) is 39.0 Å². The van der Waals surface area contributed by atoms with Crippen molar-refractivity contribution in [2.24, 2.45) is 0 Å². The highest BCUT2D eigenvalue weighted by Gasteiger charge is 2.24. The van der Waals surface area contributed by atoms with E-state index >= 15 is 0 Å². The van der Waals surface area contributed by atoms with Crippen molar-refractivity contribution in [3.63, 3.8) is 0 Å². The second kappa shape index (κ2) is 7.59. The van der Waals surface area contributed by atoms with Crippen LogP contribution in [-0.2, 0) is 0 Å². The van der Waals surface area contributed by atoms with Gasteiger partial charge in [0, 0.05) is 34.3 Å². The summed E-state index contributed by atoms with van der Waals surface area (Å²) in [6.07, 6.45) is 1.54. The number of allylic oxidation sites excluding steroid dienone is 1. The summed E-state index contributed by atoms with van der Waals surface area (Å²) < 4.78 is 30.1. The van der Waals surface area contributed by atoms with Gasteiger partial charge in [-0.05, 0) is 29.8 Å². The lowest BCUT2D eigenvalue weighted by atomic mass is 9.90. The van der Waals surface area contributed by atoms with Crippen molar-refractivity contribution in [1.29, 1.82) is 0 Å². The van der Waals surface area contributed by atoms with Crippen LogP contribution in [0.15, 0.2) is 79.0 Å². The fourth-order valence-corrected chi connectivity index (χ4v) is 3.89. The largest absolute Gasteiger partial charge is 0.488 e. The van der Waals surface area contributed by atoms with Gasteiger partial charge in [-0.2, -0.15) is 0 Å². The molecule has 0 aliphatic carbocycles. The van der Waals surface area contributed by atoms with Gasteiger partial charge >= 0.3 is 0 Å². The zero-order chi connectivity index (χ0) is 20.5. The maximum atomic E-state index is 12.5. The van der Waals surface area contributed by atoms with E-state index in [1.54, 1.807) is 12.1 Å². The van der Waals surface area contributed by atoms with E-state index in [1.165, 1.54) is 0 Å². The third-order valence-electron chi connectivity index (χ3n) is 5.24. The molecule has 0 fully saturated rings. The Morgan fingerprint density at radius 3 is 2.53 bits per heavy atom. The first-order valence-corrected chi connectivity index (χ1v) is 9.72. The van der Waals surface area contributed by atoms with Crippen LogP contribution in [-0.4, -0.2) is 24.2 Å². The molecule has 0 bridgehead atoms. The summed E-state index contributed by atoms with van der Waals surface area (Å²) in [6.45, 7) is -0.610. The number of aromatic nitrogens is 1. The maximum Gasteiger partial charge on any atom is 0.272 e. The first kappa shape index (κ1) is 18.3. The molecule has 3 nitrogen and oxygen atoms in total. The average Bonchev–Trinajstić information content (AvgIpc) is 3.39. The monoisotopic (exact) mass is 401 g/mol. The first-order valence-electron chi connectivity index (χ1n) is 9.72. The molecule has 0 saturated heterocycles. The molecular formula is C25H19F2N2O+. The molecule has 0 radical (unpaired) electrons. The predicted molar refractivity (Wildman–Crippen MR) is 115 cm³/mol. The van der Waals surface area contributed by atoms with E-state index in [0.717, 1.165) is 44.4 Å². The van der Waals surface area contributed by atoms with E-state index in [1.807, 2.05) is 60.9 Å². The van der Waals surface area contributed by atoms with E-state index in [0.29, 0.717) is 5.75 Å². The van der Waals surface area contributed by atoms with E-state index < -0.39 is 13.0 Å². The number of hydrogen-bond donors (Lipinski definition) is 2. The highest BCUT2D eigenvalue weighted by molar-refractivity contribution is 6.24. The van der Waals surface area contributed by atoms with Crippen molar-refractivity contribution in [2.45, 2.75) is 6.43 Å². The first-order chi connectivity index (χ1) is 14.7.